The lowest BCUT2D eigenvalue weighted by atomic mass is 10.0. The number of para-hydroxylation sites is 1. The first-order chi connectivity index (χ1) is 15.6. The average molecular weight is 448 g/mol. The number of benzene rings is 2. The molecule has 0 aliphatic heterocycles. The minimum atomic E-state index is -0.759. The van der Waals surface area contributed by atoms with Gasteiger partial charge in [-0.3, -0.25) is 14.4 Å². The third-order valence-corrected chi connectivity index (χ3v) is 5.88. The number of ketones is 1. The van der Waals surface area contributed by atoms with Crippen molar-refractivity contribution in [3.05, 3.63) is 106 Å². The van der Waals surface area contributed by atoms with E-state index in [0.29, 0.717) is 23.1 Å². The van der Waals surface area contributed by atoms with Crippen LogP contribution in [0.25, 0.3) is 11.0 Å². The Hall–Kier alpha value is -3.58. The van der Waals surface area contributed by atoms with Crippen LogP contribution < -0.4 is 10.7 Å². The third kappa shape index (κ3) is 5.36. The Morgan fingerprint density at radius 2 is 1.75 bits per heavy atom. The molecule has 32 heavy (non-hydrogen) atoms. The van der Waals surface area contributed by atoms with Crippen molar-refractivity contribution in [3.63, 3.8) is 0 Å². The number of rotatable bonds is 9. The van der Waals surface area contributed by atoms with Crippen molar-refractivity contribution in [2.75, 3.05) is 5.75 Å². The monoisotopic (exact) mass is 447 g/mol. The summed E-state index contributed by atoms with van der Waals surface area (Å²) in [4.78, 5) is 38.2. The molecule has 0 spiro atoms. The van der Waals surface area contributed by atoms with Gasteiger partial charge < -0.3 is 14.2 Å². The van der Waals surface area contributed by atoms with Gasteiger partial charge in [0.15, 0.2) is 17.0 Å². The highest BCUT2D eigenvalue weighted by Crippen LogP contribution is 2.15. The van der Waals surface area contributed by atoms with Crippen LogP contribution in [0.15, 0.2) is 92.7 Å². The summed E-state index contributed by atoms with van der Waals surface area (Å²) in [5.74, 6) is 0.706. The van der Waals surface area contributed by atoms with Gasteiger partial charge in [0.25, 0.3) is 5.91 Å². The second-order valence-corrected chi connectivity index (χ2v) is 8.21. The number of amides is 1. The van der Waals surface area contributed by atoms with E-state index in [-0.39, 0.29) is 22.7 Å². The van der Waals surface area contributed by atoms with E-state index >= 15 is 0 Å². The first-order valence-electron chi connectivity index (χ1n) is 10.1. The van der Waals surface area contributed by atoms with Gasteiger partial charge in [-0.15, -0.1) is 11.8 Å². The van der Waals surface area contributed by atoms with Gasteiger partial charge in [-0.25, -0.2) is 0 Å². The molecule has 0 saturated heterocycles. The number of hydrogen-bond acceptors (Lipinski definition) is 6. The fourth-order valence-corrected chi connectivity index (χ4v) is 4.16. The molecule has 0 aliphatic carbocycles. The molecule has 6 nitrogen and oxygen atoms in total. The van der Waals surface area contributed by atoms with E-state index in [1.807, 2.05) is 36.4 Å². The topological polar surface area (TPSA) is 89.5 Å². The van der Waals surface area contributed by atoms with Crippen molar-refractivity contribution >= 4 is 34.4 Å². The molecule has 0 saturated carbocycles. The van der Waals surface area contributed by atoms with Gasteiger partial charge in [0.05, 0.1) is 29.2 Å². The normalized spacial score (nSPS) is 11.9. The van der Waals surface area contributed by atoms with E-state index < -0.39 is 11.9 Å². The van der Waals surface area contributed by atoms with Crippen LogP contribution in [0.2, 0.25) is 0 Å². The molecule has 162 valence electrons. The summed E-state index contributed by atoms with van der Waals surface area (Å²) in [6.07, 6.45) is 1.93. The molecule has 2 aromatic carbocycles. The Labute approximate surface area is 188 Å². The zero-order valence-corrected chi connectivity index (χ0v) is 18.0. The van der Waals surface area contributed by atoms with Crippen LogP contribution in [0.4, 0.5) is 0 Å². The van der Waals surface area contributed by atoms with Crippen LogP contribution in [-0.2, 0) is 17.0 Å². The fourth-order valence-electron chi connectivity index (χ4n) is 3.29. The lowest BCUT2D eigenvalue weighted by molar-refractivity contribution is -0.118. The van der Waals surface area contributed by atoms with E-state index in [1.165, 1.54) is 11.8 Å². The van der Waals surface area contributed by atoms with Crippen LogP contribution in [0.5, 0.6) is 0 Å². The third-order valence-electron chi connectivity index (χ3n) is 4.90. The van der Waals surface area contributed by atoms with E-state index in [1.54, 1.807) is 36.6 Å². The van der Waals surface area contributed by atoms with Crippen molar-refractivity contribution < 1.29 is 18.4 Å². The summed E-state index contributed by atoms with van der Waals surface area (Å²) in [5, 5.41) is 3.16. The zero-order valence-electron chi connectivity index (χ0n) is 17.2. The molecule has 0 bridgehead atoms. The highest BCUT2D eigenvalue weighted by atomic mass is 32.2. The maximum absolute atomic E-state index is 13.0. The minimum absolute atomic E-state index is 0.122. The molecule has 7 heteroatoms. The van der Waals surface area contributed by atoms with Crippen molar-refractivity contribution in [2.24, 2.45) is 0 Å². The van der Waals surface area contributed by atoms with E-state index in [4.69, 9.17) is 8.83 Å². The maximum Gasteiger partial charge on any atom is 0.287 e. The van der Waals surface area contributed by atoms with Gasteiger partial charge in [0.2, 0.25) is 0 Å². The van der Waals surface area contributed by atoms with Gasteiger partial charge in [-0.2, -0.15) is 0 Å². The molecule has 0 unspecified atom stereocenters. The molecule has 0 aliphatic rings. The molecule has 0 fully saturated rings. The first kappa shape index (κ1) is 21.6. The van der Waals surface area contributed by atoms with Gasteiger partial charge >= 0.3 is 0 Å². The molecule has 1 N–H and O–H groups in total. The molecular weight excluding hydrogens is 426 g/mol. The largest absolute Gasteiger partial charge is 0.468 e. The number of nitrogens with one attached hydrogen (secondary N) is 1. The molecule has 4 rings (SSSR count). The van der Waals surface area contributed by atoms with Gasteiger partial charge in [0, 0.05) is 6.07 Å². The second-order valence-electron chi connectivity index (χ2n) is 7.23. The maximum atomic E-state index is 13.0. The molecular formula is C25H21NO5S. The quantitative estimate of drug-likeness (QED) is 0.413. The molecule has 0 radical (unpaired) electrons. The Morgan fingerprint density at radius 3 is 2.53 bits per heavy atom. The number of furan rings is 1. The van der Waals surface area contributed by atoms with Crippen molar-refractivity contribution in [3.8, 4) is 0 Å². The molecule has 4 aromatic rings. The number of hydrogen-bond donors (Lipinski definition) is 1. The second kappa shape index (κ2) is 10.2. The molecule has 1 amide bonds. The Balaban J connectivity index is 1.50. The van der Waals surface area contributed by atoms with Crippen LogP contribution in [0.1, 0.15) is 21.9 Å². The summed E-state index contributed by atoms with van der Waals surface area (Å²) in [6.45, 7) is 0. The lowest BCUT2D eigenvalue weighted by Crippen LogP contribution is -2.43. The molecule has 1 atom stereocenters. The predicted molar refractivity (Wildman–Crippen MR) is 124 cm³/mol. The highest BCUT2D eigenvalue weighted by Gasteiger charge is 2.23. The van der Waals surface area contributed by atoms with Crippen LogP contribution >= 0.6 is 11.8 Å². The zero-order chi connectivity index (χ0) is 22.3. The summed E-state index contributed by atoms with van der Waals surface area (Å²) in [5.41, 5.74) is 0.934. The summed E-state index contributed by atoms with van der Waals surface area (Å²) in [7, 11) is 0. The first-order valence-corrected chi connectivity index (χ1v) is 11.3. The number of carbonyl (C=O) groups excluding carboxylic acids is 2. The van der Waals surface area contributed by atoms with Crippen molar-refractivity contribution in [1.29, 1.82) is 0 Å². The SMILES string of the molecule is O=C(N[C@@H](Cc1ccccc1)C(=O)CSCc1ccco1)c1cc(=O)c2ccccc2o1. The Morgan fingerprint density at radius 1 is 0.969 bits per heavy atom. The average Bonchev–Trinajstić information content (AvgIpc) is 3.33. The highest BCUT2D eigenvalue weighted by molar-refractivity contribution is 7.99. The lowest BCUT2D eigenvalue weighted by Gasteiger charge is -2.17. The van der Waals surface area contributed by atoms with Gasteiger partial charge in [0.1, 0.15) is 11.3 Å². The van der Waals surface area contributed by atoms with Crippen LogP contribution in [0.3, 0.4) is 0 Å². The summed E-state index contributed by atoms with van der Waals surface area (Å²) < 4.78 is 10.9. The number of Topliss-reactive ketones (excluding diaryl/α,β-unsaturated/α-hetero) is 1. The summed E-state index contributed by atoms with van der Waals surface area (Å²) in [6, 6.07) is 20.2. The van der Waals surface area contributed by atoms with Crippen LogP contribution in [-0.4, -0.2) is 23.5 Å². The standard InChI is InChI=1S/C25H21NO5S/c27-21-14-24(31-23-11-5-4-10-19(21)23)25(29)26-20(13-17-7-2-1-3-8-17)22(28)16-32-15-18-9-6-12-30-18/h1-12,14,20H,13,15-16H2,(H,26,29)/t20-/m0/s1. The Kier molecular flexibility index (Phi) is 6.87. The fraction of sp³-hybridized carbons (Fsp3) is 0.160. The molecule has 2 aromatic heterocycles. The van der Waals surface area contributed by atoms with Gasteiger partial charge in [-0.05, 0) is 36.2 Å². The van der Waals surface area contributed by atoms with Crippen molar-refractivity contribution in [1.82, 2.24) is 5.32 Å². The van der Waals surface area contributed by atoms with Crippen LogP contribution in [0, 0.1) is 0 Å². The predicted octanol–water partition coefficient (Wildman–Crippen LogP) is 4.23. The van der Waals surface area contributed by atoms with E-state index in [9.17, 15) is 14.4 Å². The van der Waals surface area contributed by atoms with Crippen molar-refractivity contribution in [2.45, 2.75) is 18.2 Å². The van der Waals surface area contributed by atoms with Gasteiger partial charge in [-0.1, -0.05) is 42.5 Å². The minimum Gasteiger partial charge on any atom is -0.468 e. The van der Waals surface area contributed by atoms with E-state index in [0.717, 1.165) is 17.4 Å². The number of thioether (sulfide) groups is 1. The van der Waals surface area contributed by atoms with E-state index in [2.05, 4.69) is 5.32 Å². The number of fused-ring (bicyclic) bond motifs is 1. The smallest absolute Gasteiger partial charge is 0.287 e. The molecule has 2 heterocycles. The Bertz CT molecular complexity index is 1260. The number of carbonyl (C=O) groups is 2. The summed E-state index contributed by atoms with van der Waals surface area (Å²) >= 11 is 1.42.